The molecular formula is C17H18N2O2. The van der Waals surface area contributed by atoms with E-state index in [2.05, 4.69) is 5.32 Å². The number of amides is 2. The fourth-order valence-electron chi connectivity index (χ4n) is 2.08. The molecule has 0 fully saturated rings. The van der Waals surface area contributed by atoms with Crippen molar-refractivity contribution in [3.05, 3.63) is 60.2 Å². The number of rotatable bonds is 4. The van der Waals surface area contributed by atoms with Gasteiger partial charge in [-0.2, -0.15) is 0 Å². The third-order valence-electron chi connectivity index (χ3n) is 3.06. The monoisotopic (exact) mass is 282 g/mol. The normalized spacial score (nSPS) is 10.0. The molecule has 108 valence electrons. The van der Waals surface area contributed by atoms with Crippen LogP contribution in [0.1, 0.15) is 19.4 Å². The van der Waals surface area contributed by atoms with Gasteiger partial charge in [0, 0.05) is 25.2 Å². The largest absolute Gasteiger partial charge is 0.326 e. The molecule has 0 aliphatic heterocycles. The average molecular weight is 282 g/mol. The van der Waals surface area contributed by atoms with Crippen LogP contribution in [-0.4, -0.2) is 11.8 Å². The maximum atomic E-state index is 11.9. The number of carbonyl (C=O) groups excluding carboxylic acids is 2. The first-order valence-corrected chi connectivity index (χ1v) is 6.76. The van der Waals surface area contributed by atoms with E-state index in [4.69, 9.17) is 0 Å². The summed E-state index contributed by atoms with van der Waals surface area (Å²) in [7, 11) is 0. The zero-order valence-electron chi connectivity index (χ0n) is 12.2. The molecule has 0 atom stereocenters. The van der Waals surface area contributed by atoms with Crippen molar-refractivity contribution in [3.63, 3.8) is 0 Å². The first kappa shape index (κ1) is 14.8. The van der Waals surface area contributed by atoms with Gasteiger partial charge in [-0.25, -0.2) is 0 Å². The second kappa shape index (κ2) is 6.70. The minimum Gasteiger partial charge on any atom is -0.326 e. The predicted molar refractivity (Wildman–Crippen MR) is 84.1 cm³/mol. The van der Waals surface area contributed by atoms with E-state index in [-0.39, 0.29) is 11.8 Å². The highest BCUT2D eigenvalue weighted by Gasteiger charge is 2.12. The molecule has 0 aliphatic carbocycles. The lowest BCUT2D eigenvalue weighted by Gasteiger charge is -2.21. The molecule has 0 aromatic heterocycles. The van der Waals surface area contributed by atoms with Crippen molar-refractivity contribution in [1.82, 2.24) is 0 Å². The Balaban J connectivity index is 2.18. The number of nitrogens with one attached hydrogen (secondary N) is 1. The topological polar surface area (TPSA) is 49.4 Å². The number of carbonyl (C=O) groups is 2. The molecule has 0 saturated carbocycles. The Morgan fingerprint density at radius 2 is 1.57 bits per heavy atom. The van der Waals surface area contributed by atoms with Crippen molar-refractivity contribution in [3.8, 4) is 0 Å². The van der Waals surface area contributed by atoms with Gasteiger partial charge in [-0.3, -0.25) is 9.59 Å². The molecule has 0 unspecified atom stereocenters. The van der Waals surface area contributed by atoms with Crippen LogP contribution in [0.25, 0.3) is 0 Å². The number of anilines is 2. The van der Waals surface area contributed by atoms with Crippen molar-refractivity contribution in [1.29, 1.82) is 0 Å². The van der Waals surface area contributed by atoms with Crippen molar-refractivity contribution in [2.45, 2.75) is 20.4 Å². The van der Waals surface area contributed by atoms with Crippen molar-refractivity contribution in [2.75, 3.05) is 10.2 Å². The smallest absolute Gasteiger partial charge is 0.224 e. The molecule has 0 bridgehead atoms. The van der Waals surface area contributed by atoms with Crippen molar-refractivity contribution in [2.24, 2.45) is 0 Å². The maximum Gasteiger partial charge on any atom is 0.224 e. The Kier molecular flexibility index (Phi) is 4.72. The van der Waals surface area contributed by atoms with Crippen LogP contribution in [0, 0.1) is 0 Å². The number of hydrogen-bond donors (Lipinski definition) is 1. The molecule has 2 rings (SSSR count). The summed E-state index contributed by atoms with van der Waals surface area (Å²) in [6.45, 7) is 3.53. The summed E-state index contributed by atoms with van der Waals surface area (Å²) in [4.78, 5) is 24.6. The Morgan fingerprint density at radius 1 is 0.952 bits per heavy atom. The summed E-state index contributed by atoms with van der Waals surface area (Å²) in [6, 6.07) is 17.1. The highest BCUT2D eigenvalue weighted by Crippen LogP contribution is 2.20. The third kappa shape index (κ3) is 4.18. The van der Waals surface area contributed by atoms with Gasteiger partial charge in [0.1, 0.15) is 0 Å². The van der Waals surface area contributed by atoms with Gasteiger partial charge in [0.05, 0.1) is 6.54 Å². The zero-order valence-corrected chi connectivity index (χ0v) is 12.2. The van der Waals surface area contributed by atoms with E-state index >= 15 is 0 Å². The Hall–Kier alpha value is -2.62. The Morgan fingerprint density at radius 3 is 2.10 bits per heavy atom. The summed E-state index contributed by atoms with van der Waals surface area (Å²) in [6.07, 6.45) is 0. The first-order chi connectivity index (χ1) is 10.1. The molecule has 0 saturated heterocycles. The molecule has 1 N–H and O–H groups in total. The minimum absolute atomic E-state index is 0.0221. The van der Waals surface area contributed by atoms with Gasteiger partial charge in [-0.05, 0) is 29.8 Å². The number of benzene rings is 2. The lowest BCUT2D eigenvalue weighted by molar-refractivity contribution is -0.117. The highest BCUT2D eigenvalue weighted by molar-refractivity contribution is 5.92. The van der Waals surface area contributed by atoms with Crippen LogP contribution >= 0.6 is 0 Å². The van der Waals surface area contributed by atoms with E-state index in [0.29, 0.717) is 6.54 Å². The van der Waals surface area contributed by atoms with Crippen LogP contribution in [0.4, 0.5) is 11.4 Å². The molecule has 0 radical (unpaired) electrons. The minimum atomic E-state index is -0.115. The van der Waals surface area contributed by atoms with Crippen LogP contribution in [0.2, 0.25) is 0 Å². The molecule has 0 heterocycles. The lowest BCUT2D eigenvalue weighted by atomic mass is 10.2. The van der Waals surface area contributed by atoms with Crippen molar-refractivity contribution >= 4 is 23.2 Å². The summed E-state index contributed by atoms with van der Waals surface area (Å²) >= 11 is 0. The summed E-state index contributed by atoms with van der Waals surface area (Å²) in [5.41, 5.74) is 2.59. The van der Waals surface area contributed by atoms with Crippen LogP contribution in [0.5, 0.6) is 0 Å². The quantitative estimate of drug-likeness (QED) is 0.936. The van der Waals surface area contributed by atoms with Crippen molar-refractivity contribution < 1.29 is 9.59 Å². The predicted octanol–water partition coefficient (Wildman–Crippen LogP) is 3.20. The van der Waals surface area contributed by atoms with E-state index in [1.807, 2.05) is 42.5 Å². The molecule has 0 spiro atoms. The van der Waals surface area contributed by atoms with Gasteiger partial charge >= 0.3 is 0 Å². The third-order valence-corrected chi connectivity index (χ3v) is 3.06. The van der Waals surface area contributed by atoms with Gasteiger partial charge in [0.2, 0.25) is 11.8 Å². The second-order valence-electron chi connectivity index (χ2n) is 4.82. The Labute approximate surface area is 124 Å². The molecule has 21 heavy (non-hydrogen) atoms. The average Bonchev–Trinajstić information content (AvgIpc) is 2.46. The SMILES string of the molecule is CC(=O)Nc1ccc(N(Cc2ccccc2)C(C)=O)cc1. The van der Waals surface area contributed by atoms with Crippen LogP contribution in [-0.2, 0) is 16.1 Å². The second-order valence-corrected chi connectivity index (χ2v) is 4.82. The summed E-state index contributed by atoms with van der Waals surface area (Å²) < 4.78 is 0. The standard InChI is InChI=1S/C17H18N2O2/c1-13(20)18-16-8-10-17(11-9-16)19(14(2)21)12-15-6-4-3-5-7-15/h3-11H,12H2,1-2H3,(H,18,20). The van der Waals surface area contributed by atoms with Gasteiger partial charge in [0.25, 0.3) is 0 Å². The molecule has 2 aromatic rings. The van der Waals surface area contributed by atoms with E-state index in [0.717, 1.165) is 16.9 Å². The zero-order chi connectivity index (χ0) is 15.2. The van der Waals surface area contributed by atoms with Gasteiger partial charge in [-0.1, -0.05) is 30.3 Å². The van der Waals surface area contributed by atoms with Gasteiger partial charge in [0.15, 0.2) is 0 Å². The lowest BCUT2D eigenvalue weighted by Crippen LogP contribution is -2.27. The molecular weight excluding hydrogens is 264 g/mol. The van der Waals surface area contributed by atoms with Gasteiger partial charge < -0.3 is 10.2 Å². The molecule has 2 aromatic carbocycles. The highest BCUT2D eigenvalue weighted by atomic mass is 16.2. The van der Waals surface area contributed by atoms with E-state index in [1.54, 1.807) is 24.0 Å². The van der Waals surface area contributed by atoms with Gasteiger partial charge in [-0.15, -0.1) is 0 Å². The number of hydrogen-bond acceptors (Lipinski definition) is 2. The fourth-order valence-corrected chi connectivity index (χ4v) is 2.08. The van der Waals surface area contributed by atoms with E-state index in [9.17, 15) is 9.59 Å². The Bertz CT molecular complexity index is 621. The molecule has 4 nitrogen and oxygen atoms in total. The number of nitrogens with zero attached hydrogens (tertiary/aromatic N) is 1. The molecule has 0 aliphatic rings. The maximum absolute atomic E-state index is 11.9. The van der Waals surface area contributed by atoms with Crippen LogP contribution in [0.3, 0.4) is 0 Å². The van der Waals surface area contributed by atoms with Crippen LogP contribution < -0.4 is 10.2 Å². The van der Waals surface area contributed by atoms with Crippen LogP contribution in [0.15, 0.2) is 54.6 Å². The summed E-state index contributed by atoms with van der Waals surface area (Å²) in [5.74, 6) is -0.137. The fraction of sp³-hybridized carbons (Fsp3) is 0.176. The first-order valence-electron chi connectivity index (χ1n) is 6.76. The van der Waals surface area contributed by atoms with E-state index < -0.39 is 0 Å². The molecule has 2 amide bonds. The molecule has 4 heteroatoms. The summed E-state index contributed by atoms with van der Waals surface area (Å²) in [5, 5.41) is 2.71. The van der Waals surface area contributed by atoms with E-state index in [1.165, 1.54) is 6.92 Å².